The highest BCUT2D eigenvalue weighted by Gasteiger charge is 2.32. The van der Waals surface area contributed by atoms with Crippen molar-refractivity contribution >= 4 is 45.2 Å². The second kappa shape index (κ2) is 16.1. The van der Waals surface area contributed by atoms with Crippen LogP contribution in [-0.4, -0.2) is 106 Å². The number of esters is 1. The SMILES string of the molecule is CCOC(=O)c1c(CCCOc2cccc3cc(F)ccc23)c2ccc(Cl)c(-c3c(C)nn(C)c3C)c2n1CCN1CCC(N2CCN(C)CC2=O)CC1. The number of piperazine rings is 1. The monoisotopic (exact) mass is 756 g/mol. The maximum atomic E-state index is 14.1. The lowest BCUT2D eigenvalue weighted by atomic mass is 9.98. The van der Waals surface area contributed by atoms with Crippen molar-refractivity contribution in [3.05, 3.63) is 82.0 Å². The summed E-state index contributed by atoms with van der Waals surface area (Å²) in [5, 5.41) is 7.91. The van der Waals surface area contributed by atoms with Crippen LogP contribution >= 0.6 is 11.6 Å². The number of likely N-dealkylation sites (N-methyl/N-ethyl adjacent to an activating group) is 1. The Bertz CT molecular complexity index is 2190. The summed E-state index contributed by atoms with van der Waals surface area (Å²) in [4.78, 5) is 33.5. The number of ether oxygens (including phenoxy) is 2. The first-order valence-electron chi connectivity index (χ1n) is 19.1. The zero-order valence-corrected chi connectivity index (χ0v) is 32.7. The normalized spacial score (nSPS) is 16.2. The number of hydrogen-bond acceptors (Lipinski definition) is 7. The Morgan fingerprint density at radius 3 is 2.48 bits per heavy atom. The number of aromatic nitrogens is 3. The van der Waals surface area contributed by atoms with Gasteiger partial charge in [0.15, 0.2) is 0 Å². The number of piperidine rings is 1. The van der Waals surface area contributed by atoms with Crippen molar-refractivity contribution in [2.75, 3.05) is 59.5 Å². The fraction of sp³-hybridized carbons (Fsp3) is 0.452. The molecule has 10 nitrogen and oxygen atoms in total. The van der Waals surface area contributed by atoms with Gasteiger partial charge in [-0.05, 0) is 94.8 Å². The van der Waals surface area contributed by atoms with Gasteiger partial charge in [-0.1, -0.05) is 29.8 Å². The van der Waals surface area contributed by atoms with Crippen LogP contribution in [0.4, 0.5) is 4.39 Å². The van der Waals surface area contributed by atoms with Gasteiger partial charge in [0.2, 0.25) is 5.91 Å². The van der Waals surface area contributed by atoms with Gasteiger partial charge in [0.1, 0.15) is 17.3 Å². The average Bonchev–Trinajstić information content (AvgIpc) is 3.60. The second-order valence-corrected chi connectivity index (χ2v) is 15.1. The lowest BCUT2D eigenvalue weighted by Gasteiger charge is -2.42. The molecule has 0 aliphatic carbocycles. The lowest BCUT2D eigenvalue weighted by Crippen LogP contribution is -2.55. The number of likely N-dealkylation sites (tertiary alicyclic amines) is 1. The third-order valence-corrected chi connectivity index (χ3v) is 11.5. The number of carbonyl (C=O) groups excluding carboxylic acids is 2. The molecule has 54 heavy (non-hydrogen) atoms. The maximum absolute atomic E-state index is 14.1. The van der Waals surface area contributed by atoms with Crippen LogP contribution in [-0.2, 0) is 29.5 Å². The van der Waals surface area contributed by atoms with Gasteiger partial charge in [-0.3, -0.25) is 14.4 Å². The van der Waals surface area contributed by atoms with Crippen molar-refractivity contribution < 1.29 is 23.5 Å². The van der Waals surface area contributed by atoms with Crippen LogP contribution in [0.2, 0.25) is 5.02 Å². The zero-order valence-electron chi connectivity index (χ0n) is 32.0. The summed E-state index contributed by atoms with van der Waals surface area (Å²) in [6.07, 6.45) is 3.04. The van der Waals surface area contributed by atoms with Crippen LogP contribution < -0.4 is 4.74 Å². The van der Waals surface area contributed by atoms with Crippen LogP contribution in [0.5, 0.6) is 5.75 Å². The fourth-order valence-corrected chi connectivity index (χ4v) is 8.69. The molecule has 0 spiro atoms. The third kappa shape index (κ3) is 7.46. The predicted molar refractivity (Wildman–Crippen MR) is 211 cm³/mol. The zero-order chi connectivity index (χ0) is 38.1. The number of hydrogen-bond donors (Lipinski definition) is 0. The Kier molecular flexibility index (Phi) is 11.3. The van der Waals surface area contributed by atoms with Gasteiger partial charge in [-0.2, -0.15) is 5.10 Å². The molecule has 0 unspecified atom stereocenters. The van der Waals surface area contributed by atoms with E-state index in [1.54, 1.807) is 6.07 Å². The first kappa shape index (κ1) is 37.8. The van der Waals surface area contributed by atoms with Crippen LogP contribution in [0.1, 0.15) is 53.6 Å². The van der Waals surface area contributed by atoms with Crippen molar-refractivity contribution in [1.29, 1.82) is 0 Å². The van der Waals surface area contributed by atoms with E-state index in [2.05, 4.69) is 19.3 Å². The van der Waals surface area contributed by atoms with E-state index in [4.69, 9.17) is 26.2 Å². The first-order valence-corrected chi connectivity index (χ1v) is 19.5. The number of halogens is 2. The highest BCUT2D eigenvalue weighted by Crippen LogP contribution is 2.42. The molecule has 7 rings (SSSR count). The van der Waals surface area contributed by atoms with Crippen LogP contribution in [0.3, 0.4) is 0 Å². The summed E-state index contributed by atoms with van der Waals surface area (Å²) in [5.74, 6) is 0.258. The lowest BCUT2D eigenvalue weighted by molar-refractivity contribution is -0.139. The molecule has 0 saturated carbocycles. The molecule has 0 atom stereocenters. The van der Waals surface area contributed by atoms with E-state index >= 15 is 0 Å². The molecule has 2 aromatic heterocycles. The summed E-state index contributed by atoms with van der Waals surface area (Å²) in [6.45, 7) is 11.7. The van der Waals surface area contributed by atoms with E-state index < -0.39 is 0 Å². The van der Waals surface area contributed by atoms with Crippen molar-refractivity contribution in [3.8, 4) is 16.9 Å². The molecule has 5 aromatic rings. The number of carbonyl (C=O) groups is 2. The number of benzene rings is 3. The Balaban J connectivity index is 1.21. The van der Waals surface area contributed by atoms with Gasteiger partial charge >= 0.3 is 5.97 Å². The van der Waals surface area contributed by atoms with Gasteiger partial charge in [-0.15, -0.1) is 0 Å². The Morgan fingerprint density at radius 1 is 0.981 bits per heavy atom. The molecule has 0 bridgehead atoms. The number of nitrogens with zero attached hydrogens (tertiary/aromatic N) is 6. The predicted octanol–water partition coefficient (Wildman–Crippen LogP) is 7.03. The quantitative estimate of drug-likeness (QED) is 0.0999. The molecular weight excluding hydrogens is 707 g/mol. The molecule has 0 N–H and O–H groups in total. The molecule has 1 amide bonds. The molecule has 2 aliphatic heterocycles. The van der Waals surface area contributed by atoms with Gasteiger partial charge in [0.05, 0.1) is 36.0 Å². The van der Waals surface area contributed by atoms with Gasteiger partial charge < -0.3 is 23.8 Å². The highest BCUT2D eigenvalue weighted by atomic mass is 35.5. The minimum atomic E-state index is -0.366. The van der Waals surface area contributed by atoms with Crippen molar-refractivity contribution in [3.63, 3.8) is 0 Å². The van der Waals surface area contributed by atoms with Crippen LogP contribution in [0.15, 0.2) is 48.5 Å². The molecule has 0 radical (unpaired) electrons. The minimum absolute atomic E-state index is 0.218. The number of fused-ring (bicyclic) bond motifs is 2. The summed E-state index contributed by atoms with van der Waals surface area (Å²) >= 11 is 7.12. The molecule has 3 aromatic carbocycles. The summed E-state index contributed by atoms with van der Waals surface area (Å²) in [5.41, 5.74) is 6.00. The van der Waals surface area contributed by atoms with E-state index in [1.807, 2.05) is 69.9 Å². The molecule has 2 fully saturated rings. The van der Waals surface area contributed by atoms with Gasteiger partial charge in [-0.25, -0.2) is 9.18 Å². The maximum Gasteiger partial charge on any atom is 0.355 e. The molecule has 2 aliphatic rings. The minimum Gasteiger partial charge on any atom is -0.493 e. The van der Waals surface area contributed by atoms with Crippen LogP contribution in [0.25, 0.3) is 32.8 Å². The molecule has 4 heterocycles. The molecule has 12 heteroatoms. The number of rotatable bonds is 12. The Labute approximate surface area is 321 Å². The topological polar surface area (TPSA) is 85.1 Å². The van der Waals surface area contributed by atoms with E-state index in [-0.39, 0.29) is 30.3 Å². The Morgan fingerprint density at radius 2 is 1.76 bits per heavy atom. The van der Waals surface area contributed by atoms with Crippen molar-refractivity contribution in [2.24, 2.45) is 7.05 Å². The summed E-state index contributed by atoms with van der Waals surface area (Å²) < 4.78 is 30.0. The van der Waals surface area contributed by atoms with Crippen molar-refractivity contribution in [2.45, 2.75) is 59.0 Å². The summed E-state index contributed by atoms with van der Waals surface area (Å²) in [6, 6.07) is 14.5. The first-order chi connectivity index (χ1) is 26.0. The van der Waals surface area contributed by atoms with Gasteiger partial charge in [0, 0.05) is 80.0 Å². The van der Waals surface area contributed by atoms with E-state index in [0.29, 0.717) is 49.0 Å². The van der Waals surface area contributed by atoms with Crippen LogP contribution in [0, 0.1) is 19.7 Å². The summed E-state index contributed by atoms with van der Waals surface area (Å²) in [7, 11) is 3.93. The third-order valence-electron chi connectivity index (χ3n) is 11.2. The smallest absolute Gasteiger partial charge is 0.355 e. The Hall–Kier alpha value is -4.45. The molecule has 2 saturated heterocycles. The highest BCUT2D eigenvalue weighted by molar-refractivity contribution is 6.35. The standard InChI is InChI=1S/C42H50ClFN6O4/c1-6-53-42(52)41-33(10-8-24-54-36-11-7-9-29-25-30(44)12-13-32(29)36)34-14-15-35(43)39(38-27(2)45-47(5)28(38)3)40(34)50(41)23-21-48-18-16-31(17-19-48)49-22-20-46(4)26-37(49)51/h7,9,11-15,25,31H,6,8,10,16-24,26H2,1-5H3. The molecular formula is C42H50ClFN6O4. The van der Waals surface area contributed by atoms with Gasteiger partial charge in [0.25, 0.3) is 0 Å². The fourth-order valence-electron chi connectivity index (χ4n) is 8.44. The second-order valence-electron chi connectivity index (χ2n) is 14.7. The van der Waals surface area contributed by atoms with E-state index in [0.717, 1.165) is 95.3 Å². The molecule has 286 valence electrons. The van der Waals surface area contributed by atoms with E-state index in [1.165, 1.54) is 12.1 Å². The van der Waals surface area contributed by atoms with E-state index in [9.17, 15) is 14.0 Å². The van der Waals surface area contributed by atoms with Crippen molar-refractivity contribution in [1.82, 2.24) is 29.0 Å². The number of aryl methyl sites for hydroxylation is 3. The largest absolute Gasteiger partial charge is 0.493 e. The number of amides is 1. The average molecular weight is 757 g/mol.